The van der Waals surface area contributed by atoms with Crippen molar-refractivity contribution >= 4 is 0 Å². The summed E-state index contributed by atoms with van der Waals surface area (Å²) in [5.41, 5.74) is 1.79. The van der Waals surface area contributed by atoms with E-state index in [1.54, 1.807) is 13.1 Å². The number of aliphatic hydroxyl groups is 2. The highest BCUT2D eigenvalue weighted by Crippen LogP contribution is 2.23. The van der Waals surface area contributed by atoms with Gasteiger partial charge in [0.05, 0.1) is 18.9 Å². The van der Waals surface area contributed by atoms with Crippen LogP contribution in [0.1, 0.15) is 30.2 Å². The van der Waals surface area contributed by atoms with Crippen LogP contribution in [0.4, 0.5) is 0 Å². The number of aliphatic hydroxyl groups excluding tert-OH is 2. The number of aromatic nitrogens is 1. The zero-order valence-corrected chi connectivity index (χ0v) is 10.3. The molecule has 0 spiro atoms. The van der Waals surface area contributed by atoms with Crippen molar-refractivity contribution in [3.8, 4) is 5.75 Å². The van der Waals surface area contributed by atoms with Crippen molar-refractivity contribution in [3.05, 3.63) is 23.0 Å². The third kappa shape index (κ3) is 3.39. The van der Waals surface area contributed by atoms with Crippen LogP contribution in [-0.4, -0.2) is 33.0 Å². The first-order valence-electron chi connectivity index (χ1n) is 5.75. The molecule has 0 amide bonds. The summed E-state index contributed by atoms with van der Waals surface area (Å²) < 4.78 is 0. The molecule has 4 N–H and O–H groups in total. The molecule has 0 saturated carbocycles. The monoisotopic (exact) mass is 240 g/mol. The van der Waals surface area contributed by atoms with E-state index in [1.807, 2.05) is 6.92 Å². The molecule has 0 radical (unpaired) electrons. The predicted octanol–water partition coefficient (Wildman–Crippen LogP) is 0.448. The third-order valence-corrected chi connectivity index (χ3v) is 2.88. The summed E-state index contributed by atoms with van der Waals surface area (Å²) in [4.78, 5) is 3.99. The number of nitrogens with zero attached hydrogens (tertiary/aromatic N) is 1. The fourth-order valence-corrected chi connectivity index (χ4v) is 1.60. The van der Waals surface area contributed by atoms with Crippen LogP contribution in [0.5, 0.6) is 5.75 Å². The Labute approximate surface area is 101 Å². The largest absolute Gasteiger partial charge is 0.506 e. The van der Waals surface area contributed by atoms with E-state index in [1.165, 1.54) is 0 Å². The molecule has 0 fully saturated rings. The molecule has 0 saturated heterocycles. The lowest BCUT2D eigenvalue weighted by molar-refractivity contribution is 0.237. The van der Waals surface area contributed by atoms with Gasteiger partial charge in [-0.2, -0.15) is 0 Å². The number of hydrogen-bond acceptors (Lipinski definition) is 5. The molecule has 1 unspecified atom stereocenters. The Hall–Kier alpha value is -1.17. The Morgan fingerprint density at radius 2 is 2.12 bits per heavy atom. The van der Waals surface area contributed by atoms with Crippen molar-refractivity contribution in [2.45, 2.75) is 39.5 Å². The second kappa shape index (κ2) is 6.54. The second-order valence-corrected chi connectivity index (χ2v) is 4.02. The van der Waals surface area contributed by atoms with Gasteiger partial charge in [0.15, 0.2) is 0 Å². The van der Waals surface area contributed by atoms with Gasteiger partial charge in [-0.1, -0.05) is 6.92 Å². The van der Waals surface area contributed by atoms with Crippen LogP contribution in [0.25, 0.3) is 0 Å². The van der Waals surface area contributed by atoms with E-state index >= 15 is 0 Å². The quantitative estimate of drug-likeness (QED) is 0.580. The first kappa shape index (κ1) is 13.9. The van der Waals surface area contributed by atoms with E-state index in [-0.39, 0.29) is 25.0 Å². The molecule has 1 heterocycles. The van der Waals surface area contributed by atoms with Crippen LogP contribution in [0.15, 0.2) is 6.20 Å². The summed E-state index contributed by atoms with van der Waals surface area (Å²) in [6.45, 7) is 3.98. The molecule has 1 rings (SSSR count). The molecule has 0 aliphatic rings. The lowest BCUT2D eigenvalue weighted by atomic mass is 10.1. The van der Waals surface area contributed by atoms with E-state index < -0.39 is 0 Å². The van der Waals surface area contributed by atoms with Gasteiger partial charge in [-0.05, 0) is 13.3 Å². The van der Waals surface area contributed by atoms with E-state index in [9.17, 15) is 10.2 Å². The molecule has 0 aliphatic heterocycles. The maximum absolute atomic E-state index is 9.89. The van der Waals surface area contributed by atoms with Gasteiger partial charge in [-0.15, -0.1) is 0 Å². The first-order valence-corrected chi connectivity index (χ1v) is 5.75. The van der Waals surface area contributed by atoms with Gasteiger partial charge in [0.1, 0.15) is 5.75 Å². The molecule has 5 heteroatoms. The Morgan fingerprint density at radius 1 is 1.41 bits per heavy atom. The number of pyridine rings is 1. The molecule has 96 valence electrons. The Morgan fingerprint density at radius 3 is 2.65 bits per heavy atom. The van der Waals surface area contributed by atoms with E-state index in [0.29, 0.717) is 23.4 Å². The SMILES string of the molecule is CCC(CO)NCc1c(CO)cnc(C)c1O. The highest BCUT2D eigenvalue weighted by molar-refractivity contribution is 5.40. The van der Waals surface area contributed by atoms with E-state index in [4.69, 9.17) is 5.11 Å². The normalized spacial score (nSPS) is 12.7. The topological polar surface area (TPSA) is 85.6 Å². The first-order chi connectivity index (χ1) is 8.13. The van der Waals surface area contributed by atoms with Crippen molar-refractivity contribution in [1.82, 2.24) is 10.3 Å². The van der Waals surface area contributed by atoms with Crippen molar-refractivity contribution in [2.75, 3.05) is 6.61 Å². The fourth-order valence-electron chi connectivity index (χ4n) is 1.60. The molecule has 1 aromatic heterocycles. The smallest absolute Gasteiger partial charge is 0.141 e. The number of hydrogen-bond donors (Lipinski definition) is 4. The average Bonchev–Trinajstić information content (AvgIpc) is 2.35. The molecular formula is C12H20N2O3. The fraction of sp³-hybridized carbons (Fsp3) is 0.583. The van der Waals surface area contributed by atoms with Crippen molar-refractivity contribution in [1.29, 1.82) is 0 Å². The standard InChI is InChI=1S/C12H20N2O3/c1-3-10(7-16)14-5-11-9(6-15)4-13-8(2)12(11)17/h4,10,14-17H,3,5-7H2,1-2H3. The van der Waals surface area contributed by atoms with Gasteiger partial charge < -0.3 is 20.6 Å². The molecule has 5 nitrogen and oxygen atoms in total. The van der Waals surface area contributed by atoms with Gasteiger partial charge in [-0.25, -0.2) is 0 Å². The van der Waals surface area contributed by atoms with Crippen molar-refractivity contribution in [2.24, 2.45) is 0 Å². The van der Waals surface area contributed by atoms with Gasteiger partial charge in [-0.3, -0.25) is 4.98 Å². The maximum Gasteiger partial charge on any atom is 0.141 e. The third-order valence-electron chi connectivity index (χ3n) is 2.88. The lowest BCUT2D eigenvalue weighted by Gasteiger charge is -2.17. The highest BCUT2D eigenvalue weighted by Gasteiger charge is 2.12. The predicted molar refractivity (Wildman–Crippen MR) is 64.6 cm³/mol. The van der Waals surface area contributed by atoms with E-state index in [2.05, 4.69) is 10.3 Å². The minimum absolute atomic E-state index is 0.00517. The van der Waals surface area contributed by atoms with Crippen LogP contribution >= 0.6 is 0 Å². The van der Waals surface area contributed by atoms with Crippen LogP contribution in [0, 0.1) is 6.92 Å². The number of aromatic hydroxyl groups is 1. The van der Waals surface area contributed by atoms with Gasteiger partial charge in [0, 0.05) is 29.9 Å². The van der Waals surface area contributed by atoms with Crippen LogP contribution in [0.3, 0.4) is 0 Å². The van der Waals surface area contributed by atoms with Crippen LogP contribution in [-0.2, 0) is 13.2 Å². The Balaban J connectivity index is 2.85. The summed E-state index contributed by atoms with van der Waals surface area (Å²) in [7, 11) is 0. The molecular weight excluding hydrogens is 220 g/mol. The minimum atomic E-state index is -0.159. The summed E-state index contributed by atoms with van der Waals surface area (Å²) in [6.07, 6.45) is 2.36. The second-order valence-electron chi connectivity index (χ2n) is 4.02. The van der Waals surface area contributed by atoms with Gasteiger partial charge in [0.25, 0.3) is 0 Å². The average molecular weight is 240 g/mol. The molecule has 0 aromatic carbocycles. The summed E-state index contributed by atoms with van der Waals surface area (Å²) in [6, 6.07) is -0.00517. The molecule has 17 heavy (non-hydrogen) atoms. The minimum Gasteiger partial charge on any atom is -0.506 e. The zero-order valence-electron chi connectivity index (χ0n) is 10.3. The number of aryl methyl sites for hydroxylation is 1. The van der Waals surface area contributed by atoms with Crippen molar-refractivity contribution in [3.63, 3.8) is 0 Å². The van der Waals surface area contributed by atoms with Crippen molar-refractivity contribution < 1.29 is 15.3 Å². The van der Waals surface area contributed by atoms with Gasteiger partial charge >= 0.3 is 0 Å². The molecule has 0 aliphatic carbocycles. The van der Waals surface area contributed by atoms with Gasteiger partial charge in [0.2, 0.25) is 0 Å². The summed E-state index contributed by atoms with van der Waals surface area (Å²) in [5, 5.41) is 31.3. The van der Waals surface area contributed by atoms with Crippen LogP contribution in [0.2, 0.25) is 0 Å². The van der Waals surface area contributed by atoms with Crippen LogP contribution < -0.4 is 5.32 Å². The molecule has 1 aromatic rings. The molecule has 0 bridgehead atoms. The lowest BCUT2D eigenvalue weighted by Crippen LogP contribution is -2.31. The zero-order chi connectivity index (χ0) is 12.8. The summed E-state index contributed by atoms with van der Waals surface area (Å²) >= 11 is 0. The molecule has 1 atom stereocenters. The summed E-state index contributed by atoms with van der Waals surface area (Å²) in [5.74, 6) is 0.108. The maximum atomic E-state index is 9.89. The number of rotatable bonds is 6. The Bertz CT molecular complexity index is 365. The Kier molecular flexibility index (Phi) is 5.34. The highest BCUT2D eigenvalue weighted by atomic mass is 16.3. The number of nitrogens with one attached hydrogen (secondary N) is 1. The van der Waals surface area contributed by atoms with E-state index in [0.717, 1.165) is 6.42 Å².